The molecule has 22 nitrogen and oxygen atoms in total. The molecular weight excluding hydrogens is 1410 g/mol. The van der Waals surface area contributed by atoms with E-state index in [1.165, 1.54) is 21.3 Å². The van der Waals surface area contributed by atoms with Crippen LogP contribution in [0, 0.1) is 20.2 Å². The molecule has 1 fully saturated rings. The van der Waals surface area contributed by atoms with E-state index in [-0.39, 0.29) is 56.5 Å². The second kappa shape index (κ2) is 45.8. The molecule has 5 aromatic carbocycles. The Labute approximate surface area is 512 Å². The van der Waals surface area contributed by atoms with Crippen LogP contribution in [0.1, 0.15) is 72.3 Å². The highest BCUT2D eigenvalue weighted by Gasteiger charge is 2.26. The number of nitrogens with one attached hydrogen (secondary N) is 1. The number of carboxylic acids is 1. The molecule has 1 aliphatic rings. The van der Waals surface area contributed by atoms with Crippen LogP contribution in [0.4, 0.5) is 0 Å². The molecule has 7 N–H and O–H groups in total. The van der Waals surface area contributed by atoms with Gasteiger partial charge < -0.3 is 35.5 Å². The third-order valence-corrected chi connectivity index (χ3v) is 12.2. The Morgan fingerprint density at radius 2 is 1.09 bits per heavy atom. The number of rotatable bonds is 15. The minimum absolute atomic E-state index is 0. The molecule has 6 rings (SSSR count). The highest BCUT2D eigenvalue weighted by Crippen LogP contribution is 2.27. The lowest BCUT2D eigenvalue weighted by molar-refractivity contribution is -0.480. The van der Waals surface area contributed by atoms with Gasteiger partial charge in [-0.1, -0.05) is 148 Å². The Bertz CT molecular complexity index is 2840. The van der Waals surface area contributed by atoms with Gasteiger partial charge in [0.1, 0.15) is 0 Å². The van der Waals surface area contributed by atoms with E-state index in [2.05, 4.69) is 101 Å². The first-order chi connectivity index (χ1) is 37.7. The Kier molecular flexibility index (Phi) is 44.9. The summed E-state index contributed by atoms with van der Waals surface area (Å²) < 4.78 is 50.2. The number of aliphatic hydroxyl groups excluding tert-OH is 1. The maximum atomic E-state index is 11.6. The SMILES string of the molecule is C.C=C[N+](=O)[O-].CO.COC(=O)C(CCN)c1cccc(Br)c1.COC(=O)C(CC[N+](=O)[O-])c1cccc(Br)c1.COC(=O)Cc1cccc(Br)c1.O=C(O)Cc1cccc(Br)c1.O=C1NCCC1c1cccc(Br)c1.O=S(=O)(O)O. The number of hydrogen-bond donors (Lipinski definition) is 6. The van der Waals surface area contributed by atoms with Crippen molar-refractivity contribution in [2.24, 2.45) is 5.73 Å². The molecular formula is C53H65Br5N4O18S. The van der Waals surface area contributed by atoms with E-state index in [1.54, 1.807) is 30.3 Å². The van der Waals surface area contributed by atoms with Crippen molar-refractivity contribution >= 4 is 120 Å². The largest absolute Gasteiger partial charge is 0.481 e. The average molecular weight is 1480 g/mol. The second-order valence-corrected chi connectivity index (χ2v) is 20.8. The van der Waals surface area contributed by atoms with Gasteiger partial charge in [-0.05, 0) is 114 Å². The van der Waals surface area contributed by atoms with Gasteiger partial charge >= 0.3 is 34.3 Å². The lowest BCUT2D eigenvalue weighted by atomic mass is 9.96. The van der Waals surface area contributed by atoms with Crippen molar-refractivity contribution in [2.45, 2.75) is 57.3 Å². The monoisotopic (exact) mass is 1470 g/mol. The third kappa shape index (κ3) is 40.1. The van der Waals surface area contributed by atoms with Gasteiger partial charge in [0.2, 0.25) is 18.7 Å². The summed E-state index contributed by atoms with van der Waals surface area (Å²) in [5.74, 6) is -2.37. The summed E-state index contributed by atoms with van der Waals surface area (Å²) in [5.41, 5.74) is 9.99. The zero-order chi connectivity index (χ0) is 61.4. The van der Waals surface area contributed by atoms with Crippen molar-refractivity contribution < 1.29 is 75.8 Å². The summed E-state index contributed by atoms with van der Waals surface area (Å²) in [4.78, 5) is 73.9. The van der Waals surface area contributed by atoms with Crippen LogP contribution in [0.15, 0.2) is 156 Å². The number of nitro groups is 2. The quantitative estimate of drug-likeness (QED) is 0.0186. The van der Waals surface area contributed by atoms with Gasteiger partial charge in [0.05, 0.1) is 56.8 Å². The summed E-state index contributed by atoms with van der Waals surface area (Å²) in [6.45, 7) is 3.87. The number of halogens is 5. The standard InChI is InChI=1S/C11H12BrNO4.C11H14BrNO2.C10H10BrNO.C9H9BrO2.C8H7BrO2.C2H3NO2.CH4O.CH4.H2O4S/c1-17-11(14)10(5-6-13(15)16)8-3-2-4-9(12)7-8;1-15-11(14)10(5-6-13)8-3-2-4-9(12)7-8;11-8-3-1-2-7(6-8)9-4-5-12-10(9)13;1-12-9(11)6-7-3-2-4-8(10)5-7;9-7-3-1-2-6(4-7)5-8(10)11;1-2-3(4)5;1-2;;1-5(2,3)4/h2-4,7,10H,5-6H2,1H3;2-4,7,10H,5-6,13H2,1H3;1-3,6,9H,4-5H2,(H,12,13);2-5H,6H2,1H3;1-4H,5H2,(H,10,11);2H,1H2;2H,1H3;1H4;(H2,1,2,3,4). The molecule has 1 amide bonds. The van der Waals surface area contributed by atoms with E-state index in [9.17, 15) is 34.1 Å². The molecule has 0 aliphatic carbocycles. The zero-order valence-corrected chi connectivity index (χ0v) is 52.2. The number of aliphatic hydroxyl groups is 1. The number of carboxylic acid groups (broad SMARTS) is 1. The van der Waals surface area contributed by atoms with Crippen molar-refractivity contribution in [1.29, 1.82) is 0 Å². The van der Waals surface area contributed by atoms with Gasteiger partial charge in [-0.25, -0.2) is 0 Å². The van der Waals surface area contributed by atoms with Gasteiger partial charge in [0.15, 0.2) is 0 Å². The van der Waals surface area contributed by atoms with Crippen molar-refractivity contribution in [3.05, 3.63) is 205 Å². The molecule has 3 atom stereocenters. The predicted octanol–water partition coefficient (Wildman–Crippen LogP) is 10.7. The highest BCUT2D eigenvalue weighted by atomic mass is 79.9. The summed E-state index contributed by atoms with van der Waals surface area (Å²) in [6.07, 6.45) is 2.70. The van der Waals surface area contributed by atoms with Crippen LogP contribution >= 0.6 is 79.6 Å². The Morgan fingerprint density at radius 3 is 1.41 bits per heavy atom. The van der Waals surface area contributed by atoms with E-state index in [4.69, 9.17) is 48.3 Å². The third-order valence-electron chi connectivity index (χ3n) is 9.69. The molecule has 0 aromatic heterocycles. The number of nitrogens with zero attached hydrogens (tertiary/aromatic N) is 2. The van der Waals surface area contributed by atoms with Crippen LogP contribution < -0.4 is 11.1 Å². The number of carbonyl (C=O) groups is 5. The fraction of sp³-hybridized carbons (Fsp3) is 0.302. The molecule has 81 heavy (non-hydrogen) atoms. The molecule has 3 unspecified atom stereocenters. The van der Waals surface area contributed by atoms with E-state index >= 15 is 0 Å². The molecule has 446 valence electrons. The zero-order valence-electron chi connectivity index (χ0n) is 43.5. The van der Waals surface area contributed by atoms with Crippen LogP contribution in [-0.4, -0.2) is 115 Å². The Morgan fingerprint density at radius 1 is 0.704 bits per heavy atom. The number of ether oxygens (including phenoxy) is 3. The number of hydrogen-bond acceptors (Lipinski definition) is 16. The van der Waals surface area contributed by atoms with Gasteiger partial charge in [-0.15, -0.1) is 0 Å². The lowest BCUT2D eigenvalue weighted by Crippen LogP contribution is -2.18. The molecule has 28 heteroatoms. The molecule has 0 spiro atoms. The van der Waals surface area contributed by atoms with E-state index in [0.29, 0.717) is 31.1 Å². The first-order valence-electron chi connectivity index (χ1n) is 22.9. The van der Waals surface area contributed by atoms with Gasteiger partial charge in [0.25, 0.3) is 0 Å². The number of esters is 3. The molecule has 0 bridgehead atoms. The minimum atomic E-state index is -4.67. The molecule has 1 aliphatic heterocycles. The molecule has 0 saturated carbocycles. The number of aliphatic carboxylic acids is 1. The first-order valence-corrected chi connectivity index (χ1v) is 28.2. The molecule has 1 heterocycles. The average Bonchev–Trinajstić information content (AvgIpc) is 3.84. The van der Waals surface area contributed by atoms with Gasteiger partial charge in [-0.2, -0.15) is 8.42 Å². The number of amides is 1. The number of benzene rings is 5. The molecule has 0 radical (unpaired) electrons. The maximum Gasteiger partial charge on any atom is 0.394 e. The van der Waals surface area contributed by atoms with Crippen LogP contribution in [0.3, 0.4) is 0 Å². The summed E-state index contributed by atoms with van der Waals surface area (Å²) in [5, 5.41) is 37.7. The van der Waals surface area contributed by atoms with Gasteiger partial charge in [0, 0.05) is 47.4 Å². The van der Waals surface area contributed by atoms with Crippen molar-refractivity contribution in [2.75, 3.05) is 48.1 Å². The number of nitrogens with two attached hydrogens (primary N) is 1. The van der Waals surface area contributed by atoms with Crippen LogP contribution in [-0.2, 0) is 61.4 Å². The molecule has 1 saturated heterocycles. The van der Waals surface area contributed by atoms with Crippen LogP contribution in [0.2, 0.25) is 0 Å². The maximum absolute atomic E-state index is 11.6. The minimum Gasteiger partial charge on any atom is -0.481 e. The predicted molar refractivity (Wildman–Crippen MR) is 324 cm³/mol. The highest BCUT2D eigenvalue weighted by molar-refractivity contribution is 9.11. The number of carbonyl (C=O) groups excluding carboxylic acids is 4. The van der Waals surface area contributed by atoms with Crippen molar-refractivity contribution in [3.63, 3.8) is 0 Å². The van der Waals surface area contributed by atoms with Crippen molar-refractivity contribution in [3.8, 4) is 0 Å². The smallest absolute Gasteiger partial charge is 0.394 e. The second-order valence-electron chi connectivity index (χ2n) is 15.4. The molecule has 5 aromatic rings. The summed E-state index contributed by atoms with van der Waals surface area (Å²) in [7, 11) is 0.392. The van der Waals surface area contributed by atoms with E-state index in [1.807, 2.05) is 91.0 Å². The van der Waals surface area contributed by atoms with E-state index < -0.39 is 38.1 Å². The van der Waals surface area contributed by atoms with Crippen LogP contribution in [0.25, 0.3) is 0 Å². The van der Waals surface area contributed by atoms with Crippen LogP contribution in [0.5, 0.6) is 0 Å². The topological polar surface area (TPSA) is 352 Å². The fourth-order valence-corrected chi connectivity index (χ4v) is 8.46. The summed E-state index contributed by atoms with van der Waals surface area (Å²) >= 11 is 16.6. The van der Waals surface area contributed by atoms with Crippen molar-refractivity contribution in [1.82, 2.24) is 5.32 Å². The summed E-state index contributed by atoms with van der Waals surface area (Å²) in [6, 6.07) is 37.6. The Hall–Kier alpha value is -5.82. The Balaban J connectivity index is -0.000000895. The van der Waals surface area contributed by atoms with E-state index in [0.717, 1.165) is 64.7 Å². The number of methoxy groups -OCH3 is 3. The fourth-order valence-electron chi connectivity index (χ4n) is 6.32. The lowest BCUT2D eigenvalue weighted by Gasteiger charge is -2.14. The van der Waals surface area contributed by atoms with Gasteiger partial charge in [-0.3, -0.25) is 53.3 Å². The normalized spacial score (nSPS) is 12.1. The first kappa shape index (κ1) is 79.4.